The molecule has 0 atom stereocenters. The maximum absolute atomic E-state index is 9.55. The topological polar surface area (TPSA) is 38.7 Å². The zero-order chi connectivity index (χ0) is 9.99. The molecule has 0 aliphatic heterocycles. The predicted octanol–water partition coefficient (Wildman–Crippen LogP) is 1.40. The van der Waals surface area contributed by atoms with Crippen LogP contribution in [0.5, 0.6) is 0 Å². The van der Waals surface area contributed by atoms with E-state index in [-0.39, 0.29) is 0 Å². The Bertz CT molecular complexity index is 141. The van der Waals surface area contributed by atoms with Crippen molar-refractivity contribution >= 4 is 26.2 Å². The van der Waals surface area contributed by atoms with E-state index in [1.165, 1.54) is 0 Å². The molecule has 0 heterocycles. The summed E-state index contributed by atoms with van der Waals surface area (Å²) in [4.78, 5) is 9.55. The molecule has 3 nitrogen and oxygen atoms in total. The highest BCUT2D eigenvalue weighted by atomic mass is 28.5. The summed E-state index contributed by atoms with van der Waals surface area (Å²) in [6, 6.07) is 0. The van der Waals surface area contributed by atoms with E-state index >= 15 is 0 Å². The summed E-state index contributed by atoms with van der Waals surface area (Å²) in [5.41, 5.74) is 0. The Labute approximate surface area is 78.9 Å². The Balaban J connectivity index is 4.04. The van der Waals surface area contributed by atoms with E-state index in [0.717, 1.165) is 0 Å². The Morgan fingerprint density at radius 1 is 1.08 bits per heavy atom. The maximum atomic E-state index is 9.55. The van der Waals surface area contributed by atoms with Crippen molar-refractivity contribution in [3.05, 3.63) is 0 Å². The van der Waals surface area contributed by atoms with Crippen LogP contribution in [0.1, 0.15) is 0 Å². The minimum absolute atomic E-state index is 1.04. The molecule has 0 aliphatic carbocycles. The first-order chi connectivity index (χ1) is 5.12. The minimum atomic E-state index is -2.40. The highest BCUT2D eigenvalue weighted by molar-refractivity contribution is 6.81. The monoisotopic (exact) mass is 224 g/mol. The molecule has 0 rings (SSSR count). The first-order valence-corrected chi connectivity index (χ1v) is 12.7. The number of hydrogen-bond donors (Lipinski definition) is 1. The lowest BCUT2D eigenvalue weighted by Gasteiger charge is -2.30. The van der Waals surface area contributed by atoms with E-state index in [1.54, 1.807) is 13.1 Å². The van der Waals surface area contributed by atoms with Gasteiger partial charge in [-0.2, -0.15) is 0 Å². The Morgan fingerprint density at radius 2 is 1.50 bits per heavy atom. The molecule has 74 valence electrons. The summed E-state index contributed by atoms with van der Waals surface area (Å²) in [5.74, 6) is 0. The average Bonchev–Trinajstić information content (AvgIpc) is 1.48. The Hall–Kier alpha value is 0.531. The van der Waals surface area contributed by atoms with Crippen LogP contribution in [0.4, 0.5) is 0 Å². The standard InChI is InChI=1S/C6H20O3Si3/c1-10(2)8-12(5,6)9-11(3,4)7/h7,10H,1-6H3. The second-order valence-electron chi connectivity index (χ2n) is 4.12. The normalized spacial score (nSPS) is 14.0. The fourth-order valence-electron chi connectivity index (χ4n) is 1.19. The number of hydrogen-bond acceptors (Lipinski definition) is 3. The predicted molar refractivity (Wildman–Crippen MR) is 58.2 cm³/mol. The van der Waals surface area contributed by atoms with Crippen LogP contribution in [0.15, 0.2) is 0 Å². The summed E-state index contributed by atoms with van der Waals surface area (Å²) in [5, 5.41) is 0. The van der Waals surface area contributed by atoms with Gasteiger partial charge in [-0.3, -0.25) is 0 Å². The fourth-order valence-corrected chi connectivity index (χ4v) is 11.2. The lowest BCUT2D eigenvalue weighted by atomic mass is 11.9. The summed E-state index contributed by atoms with van der Waals surface area (Å²) in [6.07, 6.45) is 0. The van der Waals surface area contributed by atoms with Crippen LogP contribution in [0.2, 0.25) is 39.3 Å². The van der Waals surface area contributed by atoms with Gasteiger partial charge in [0.1, 0.15) is 0 Å². The van der Waals surface area contributed by atoms with Gasteiger partial charge in [-0.05, 0) is 39.3 Å². The summed E-state index contributed by atoms with van der Waals surface area (Å²) in [6.45, 7) is 11.8. The third-order valence-electron chi connectivity index (χ3n) is 1.02. The zero-order valence-corrected chi connectivity index (χ0v) is 12.0. The van der Waals surface area contributed by atoms with Gasteiger partial charge < -0.3 is 13.0 Å². The first kappa shape index (κ1) is 12.5. The van der Waals surface area contributed by atoms with Gasteiger partial charge in [0.15, 0.2) is 9.04 Å². The molecule has 0 aromatic heterocycles. The molecule has 12 heavy (non-hydrogen) atoms. The molecule has 1 N–H and O–H groups in total. The van der Waals surface area contributed by atoms with E-state index < -0.39 is 26.2 Å². The van der Waals surface area contributed by atoms with Crippen molar-refractivity contribution in [1.82, 2.24) is 0 Å². The summed E-state index contributed by atoms with van der Waals surface area (Å²) in [7, 11) is -5.47. The van der Waals surface area contributed by atoms with E-state index in [0.29, 0.717) is 0 Å². The van der Waals surface area contributed by atoms with Crippen molar-refractivity contribution in [2.45, 2.75) is 39.3 Å². The van der Waals surface area contributed by atoms with Crippen molar-refractivity contribution in [3.63, 3.8) is 0 Å². The van der Waals surface area contributed by atoms with Crippen LogP contribution in [0.25, 0.3) is 0 Å². The fraction of sp³-hybridized carbons (Fsp3) is 1.00. The van der Waals surface area contributed by atoms with Crippen LogP contribution in [0, 0.1) is 0 Å². The molecular formula is C6H20O3Si3. The van der Waals surface area contributed by atoms with Gasteiger partial charge in [0.25, 0.3) is 0 Å². The molecule has 0 fully saturated rings. The van der Waals surface area contributed by atoms with E-state index in [4.69, 9.17) is 8.23 Å². The van der Waals surface area contributed by atoms with Gasteiger partial charge in [-0.15, -0.1) is 0 Å². The SMILES string of the molecule is C[SiH](C)O[Si](C)(C)O[Si](C)(C)O. The number of rotatable bonds is 4. The van der Waals surface area contributed by atoms with Crippen LogP contribution in [-0.4, -0.2) is 31.0 Å². The summed E-state index contributed by atoms with van der Waals surface area (Å²) < 4.78 is 11.3. The average molecular weight is 224 g/mol. The molecule has 0 aromatic rings. The van der Waals surface area contributed by atoms with Gasteiger partial charge in [-0.25, -0.2) is 0 Å². The largest absolute Gasteiger partial charge is 0.440 e. The van der Waals surface area contributed by atoms with Crippen LogP contribution in [-0.2, 0) is 8.23 Å². The lowest BCUT2D eigenvalue weighted by Crippen LogP contribution is -2.48. The third kappa shape index (κ3) is 7.19. The molecule has 0 spiro atoms. The highest BCUT2D eigenvalue weighted by Gasteiger charge is 2.34. The maximum Gasteiger partial charge on any atom is 0.320 e. The summed E-state index contributed by atoms with van der Waals surface area (Å²) >= 11 is 0. The van der Waals surface area contributed by atoms with Crippen molar-refractivity contribution in [2.24, 2.45) is 0 Å². The van der Waals surface area contributed by atoms with Crippen molar-refractivity contribution in [1.29, 1.82) is 0 Å². The van der Waals surface area contributed by atoms with Gasteiger partial charge >= 0.3 is 17.1 Å². The van der Waals surface area contributed by atoms with Crippen LogP contribution < -0.4 is 0 Å². The van der Waals surface area contributed by atoms with Gasteiger partial charge in [0.05, 0.1) is 0 Å². The van der Waals surface area contributed by atoms with Crippen molar-refractivity contribution < 1.29 is 13.0 Å². The highest BCUT2D eigenvalue weighted by Crippen LogP contribution is 2.14. The van der Waals surface area contributed by atoms with Gasteiger partial charge in [0, 0.05) is 0 Å². The third-order valence-corrected chi connectivity index (χ3v) is 9.14. The van der Waals surface area contributed by atoms with Gasteiger partial charge in [-0.1, -0.05) is 0 Å². The van der Waals surface area contributed by atoms with Gasteiger partial charge in [0.2, 0.25) is 0 Å². The molecule has 0 aromatic carbocycles. The molecule has 0 radical (unpaired) electrons. The second-order valence-corrected chi connectivity index (χ2v) is 13.7. The molecule has 0 saturated heterocycles. The second kappa shape index (κ2) is 4.16. The van der Waals surface area contributed by atoms with E-state index in [2.05, 4.69) is 13.1 Å². The quantitative estimate of drug-likeness (QED) is 0.734. The van der Waals surface area contributed by atoms with E-state index in [9.17, 15) is 4.80 Å². The minimum Gasteiger partial charge on any atom is -0.440 e. The van der Waals surface area contributed by atoms with Crippen molar-refractivity contribution in [2.75, 3.05) is 0 Å². The molecule has 0 bridgehead atoms. The lowest BCUT2D eigenvalue weighted by molar-refractivity contribution is 0.330. The zero-order valence-electron chi connectivity index (χ0n) is 8.84. The molecular weight excluding hydrogens is 204 g/mol. The smallest absolute Gasteiger partial charge is 0.320 e. The molecule has 6 heteroatoms. The van der Waals surface area contributed by atoms with Crippen LogP contribution >= 0.6 is 0 Å². The Kier molecular flexibility index (Phi) is 4.34. The molecule has 0 saturated carbocycles. The van der Waals surface area contributed by atoms with Crippen LogP contribution in [0.3, 0.4) is 0 Å². The molecule has 0 aliphatic rings. The van der Waals surface area contributed by atoms with Crippen molar-refractivity contribution in [3.8, 4) is 0 Å². The van der Waals surface area contributed by atoms with E-state index in [1.807, 2.05) is 13.1 Å². The Morgan fingerprint density at radius 3 is 1.75 bits per heavy atom. The molecule has 0 unspecified atom stereocenters. The first-order valence-electron chi connectivity index (χ1n) is 4.23. The molecule has 0 amide bonds.